The molecule has 1 saturated carbocycles. The van der Waals surface area contributed by atoms with Crippen LogP contribution < -0.4 is 15.4 Å². The Morgan fingerprint density at radius 3 is 2.70 bits per heavy atom. The maximum atomic E-state index is 5.65. The third kappa shape index (κ3) is 6.01. The minimum atomic E-state index is 0. The number of aromatic nitrogens is 1. The van der Waals surface area contributed by atoms with Gasteiger partial charge in [0.15, 0.2) is 5.96 Å². The Morgan fingerprint density at radius 1 is 1.30 bits per heavy atom. The van der Waals surface area contributed by atoms with E-state index in [-0.39, 0.29) is 24.0 Å². The molecule has 1 fully saturated rings. The number of hydrogen-bond donors (Lipinski definition) is 2. The summed E-state index contributed by atoms with van der Waals surface area (Å²) in [6, 6.07) is 4.45. The van der Waals surface area contributed by atoms with Crippen molar-refractivity contribution in [2.75, 3.05) is 13.7 Å². The van der Waals surface area contributed by atoms with Crippen molar-refractivity contribution >= 4 is 29.9 Å². The molecule has 0 aliphatic heterocycles. The van der Waals surface area contributed by atoms with Crippen LogP contribution >= 0.6 is 24.0 Å². The third-order valence-corrected chi connectivity index (χ3v) is 3.99. The van der Waals surface area contributed by atoms with Crippen LogP contribution in [0.2, 0.25) is 0 Å². The Bertz CT molecular complexity index is 532. The van der Waals surface area contributed by atoms with Crippen LogP contribution in [0.15, 0.2) is 35.5 Å². The molecule has 6 heteroatoms. The Kier molecular flexibility index (Phi) is 7.14. The van der Waals surface area contributed by atoms with Gasteiger partial charge in [-0.05, 0) is 37.2 Å². The number of pyridine rings is 1. The van der Waals surface area contributed by atoms with Crippen LogP contribution in [0.4, 0.5) is 0 Å². The van der Waals surface area contributed by atoms with Gasteiger partial charge in [-0.1, -0.05) is 18.2 Å². The molecule has 0 amide bonds. The molecule has 2 aliphatic rings. The molecular formula is C17H25IN4O. The maximum Gasteiger partial charge on any atom is 0.213 e. The second-order valence-electron chi connectivity index (χ2n) is 5.97. The summed E-state index contributed by atoms with van der Waals surface area (Å²) in [7, 11) is 1.80. The van der Waals surface area contributed by atoms with Gasteiger partial charge in [-0.15, -0.1) is 24.0 Å². The van der Waals surface area contributed by atoms with E-state index >= 15 is 0 Å². The fourth-order valence-corrected chi connectivity index (χ4v) is 2.40. The largest absolute Gasteiger partial charge is 0.477 e. The summed E-state index contributed by atoms with van der Waals surface area (Å²) in [6.45, 7) is 1.51. The molecule has 5 nitrogen and oxygen atoms in total. The fourth-order valence-electron chi connectivity index (χ4n) is 2.40. The van der Waals surface area contributed by atoms with Crippen LogP contribution in [0, 0.1) is 5.92 Å². The molecule has 126 valence electrons. The standard InChI is InChI=1S/C17H24N4O.HI/c1-18-17(21-15-4-2-3-5-15)20-11-14-8-9-16(19-10-14)22-12-13-6-7-13;/h2-3,8-10,13,15H,4-7,11-12H2,1H3,(H2,18,20,21);1H. The van der Waals surface area contributed by atoms with E-state index in [2.05, 4.69) is 32.8 Å². The number of guanidine groups is 1. The highest BCUT2D eigenvalue weighted by Crippen LogP contribution is 2.29. The highest BCUT2D eigenvalue weighted by Gasteiger charge is 2.22. The van der Waals surface area contributed by atoms with Crippen LogP contribution in [-0.4, -0.2) is 30.6 Å². The molecule has 2 N–H and O–H groups in total. The highest BCUT2D eigenvalue weighted by molar-refractivity contribution is 14.0. The van der Waals surface area contributed by atoms with Gasteiger partial charge in [0.25, 0.3) is 0 Å². The number of hydrogen-bond acceptors (Lipinski definition) is 3. The van der Waals surface area contributed by atoms with Gasteiger partial charge in [-0.25, -0.2) is 4.98 Å². The summed E-state index contributed by atoms with van der Waals surface area (Å²) >= 11 is 0. The summed E-state index contributed by atoms with van der Waals surface area (Å²) in [4.78, 5) is 8.61. The second kappa shape index (κ2) is 9.10. The van der Waals surface area contributed by atoms with Crippen LogP contribution in [0.1, 0.15) is 31.2 Å². The van der Waals surface area contributed by atoms with Gasteiger partial charge in [0, 0.05) is 31.9 Å². The van der Waals surface area contributed by atoms with Gasteiger partial charge in [-0.3, -0.25) is 4.99 Å². The van der Waals surface area contributed by atoms with Crippen molar-refractivity contribution in [1.29, 1.82) is 0 Å². The predicted octanol–water partition coefficient (Wildman–Crippen LogP) is 2.87. The van der Waals surface area contributed by atoms with Crippen LogP contribution in [0.5, 0.6) is 5.88 Å². The second-order valence-corrected chi connectivity index (χ2v) is 5.97. The Hall–Kier alpha value is -1.31. The van der Waals surface area contributed by atoms with Gasteiger partial charge in [0.1, 0.15) is 0 Å². The molecule has 0 unspecified atom stereocenters. The van der Waals surface area contributed by atoms with Crippen molar-refractivity contribution in [3.63, 3.8) is 0 Å². The van der Waals surface area contributed by atoms with Crippen LogP contribution in [0.25, 0.3) is 0 Å². The topological polar surface area (TPSA) is 58.5 Å². The SMILES string of the molecule is CN=C(NCc1ccc(OCC2CC2)nc1)NC1CC=CC1.I. The molecule has 0 bridgehead atoms. The molecule has 2 aliphatic carbocycles. The molecule has 1 aromatic heterocycles. The summed E-state index contributed by atoms with van der Waals surface area (Å²) in [5.74, 6) is 2.31. The van der Waals surface area contributed by atoms with Crippen molar-refractivity contribution in [2.24, 2.45) is 10.9 Å². The number of ether oxygens (including phenoxy) is 1. The van der Waals surface area contributed by atoms with E-state index in [0.29, 0.717) is 12.6 Å². The summed E-state index contributed by atoms with van der Waals surface area (Å²) in [5.41, 5.74) is 1.12. The third-order valence-electron chi connectivity index (χ3n) is 3.99. The minimum Gasteiger partial charge on any atom is -0.477 e. The Morgan fingerprint density at radius 2 is 2.09 bits per heavy atom. The smallest absolute Gasteiger partial charge is 0.213 e. The molecule has 1 heterocycles. The van der Waals surface area contributed by atoms with Gasteiger partial charge < -0.3 is 15.4 Å². The van der Waals surface area contributed by atoms with Gasteiger partial charge in [0.05, 0.1) is 6.61 Å². The first kappa shape index (κ1) is 18.0. The monoisotopic (exact) mass is 428 g/mol. The highest BCUT2D eigenvalue weighted by atomic mass is 127. The molecule has 0 spiro atoms. The number of rotatable bonds is 6. The van der Waals surface area contributed by atoms with Gasteiger partial charge in [-0.2, -0.15) is 0 Å². The fraction of sp³-hybridized carbons (Fsp3) is 0.529. The normalized spacial score (nSPS) is 17.7. The maximum absolute atomic E-state index is 5.65. The molecule has 0 saturated heterocycles. The molecule has 0 aromatic carbocycles. The van der Waals surface area contributed by atoms with E-state index < -0.39 is 0 Å². The summed E-state index contributed by atoms with van der Waals surface area (Å²) in [6.07, 6.45) is 11.0. The molecular weight excluding hydrogens is 403 g/mol. The van der Waals surface area contributed by atoms with Crippen molar-refractivity contribution in [3.05, 3.63) is 36.0 Å². The van der Waals surface area contributed by atoms with E-state index in [1.807, 2.05) is 18.3 Å². The lowest BCUT2D eigenvalue weighted by Crippen LogP contribution is -2.42. The predicted molar refractivity (Wildman–Crippen MR) is 103 cm³/mol. The summed E-state index contributed by atoms with van der Waals surface area (Å²) < 4.78 is 5.65. The lowest BCUT2D eigenvalue weighted by Gasteiger charge is -2.16. The zero-order valence-corrected chi connectivity index (χ0v) is 15.8. The number of aliphatic imine (C=N–C) groups is 1. The van der Waals surface area contributed by atoms with E-state index in [4.69, 9.17) is 4.74 Å². The van der Waals surface area contributed by atoms with Crippen molar-refractivity contribution in [2.45, 2.75) is 38.3 Å². The Balaban J connectivity index is 0.00000192. The molecule has 0 radical (unpaired) electrons. The molecule has 0 atom stereocenters. The van der Waals surface area contributed by atoms with E-state index in [0.717, 1.165) is 42.8 Å². The Labute approximate surface area is 155 Å². The van der Waals surface area contributed by atoms with Crippen molar-refractivity contribution in [1.82, 2.24) is 15.6 Å². The molecule has 23 heavy (non-hydrogen) atoms. The van der Waals surface area contributed by atoms with E-state index in [9.17, 15) is 0 Å². The van der Waals surface area contributed by atoms with Crippen LogP contribution in [0.3, 0.4) is 0 Å². The van der Waals surface area contributed by atoms with Crippen LogP contribution in [-0.2, 0) is 6.54 Å². The van der Waals surface area contributed by atoms with E-state index in [1.165, 1.54) is 12.8 Å². The lowest BCUT2D eigenvalue weighted by atomic mass is 10.2. The van der Waals surface area contributed by atoms with Gasteiger partial charge in [0.2, 0.25) is 5.88 Å². The summed E-state index contributed by atoms with van der Waals surface area (Å²) in [5, 5.41) is 6.74. The average molecular weight is 428 g/mol. The number of nitrogens with one attached hydrogen (secondary N) is 2. The zero-order valence-electron chi connectivity index (χ0n) is 13.5. The molecule has 1 aromatic rings. The first-order valence-electron chi connectivity index (χ1n) is 8.03. The number of nitrogens with zero attached hydrogens (tertiary/aromatic N) is 2. The molecule has 3 rings (SSSR count). The quantitative estimate of drug-likeness (QED) is 0.317. The van der Waals surface area contributed by atoms with Crippen molar-refractivity contribution in [3.8, 4) is 5.88 Å². The minimum absolute atomic E-state index is 0. The van der Waals surface area contributed by atoms with Crippen molar-refractivity contribution < 1.29 is 4.74 Å². The first-order valence-corrected chi connectivity index (χ1v) is 8.03. The zero-order chi connectivity index (χ0) is 15.2. The average Bonchev–Trinajstić information content (AvgIpc) is 3.25. The first-order chi connectivity index (χ1) is 10.8. The lowest BCUT2D eigenvalue weighted by molar-refractivity contribution is 0.288. The van der Waals surface area contributed by atoms with Gasteiger partial charge >= 0.3 is 0 Å². The van der Waals surface area contributed by atoms with E-state index in [1.54, 1.807) is 7.05 Å². The number of halogens is 1.